The highest BCUT2D eigenvalue weighted by molar-refractivity contribution is 5.91. The molecule has 2 aromatic carbocycles. The Morgan fingerprint density at radius 1 is 1.00 bits per heavy atom. The highest BCUT2D eigenvalue weighted by Crippen LogP contribution is 2.16. The van der Waals surface area contributed by atoms with Gasteiger partial charge >= 0.3 is 11.7 Å². The number of nitrogens with zero attached hydrogens (tertiary/aromatic N) is 2. The van der Waals surface area contributed by atoms with Gasteiger partial charge in [-0.15, -0.1) is 0 Å². The van der Waals surface area contributed by atoms with E-state index in [1.807, 2.05) is 31.2 Å². The van der Waals surface area contributed by atoms with Crippen LogP contribution in [-0.2, 0) is 27.4 Å². The normalized spacial score (nSPS) is 10.6. The Hall–Kier alpha value is -3.55. The van der Waals surface area contributed by atoms with E-state index < -0.39 is 5.97 Å². The highest BCUT2D eigenvalue weighted by Gasteiger charge is 2.14. The summed E-state index contributed by atoms with van der Waals surface area (Å²) in [7, 11) is 1.29. The van der Waals surface area contributed by atoms with Crippen LogP contribution < -0.4 is 15.7 Å². The number of hydrogen-bond donors (Lipinski definition) is 1. The lowest BCUT2D eigenvalue weighted by Gasteiger charge is -2.08. The lowest BCUT2D eigenvalue weighted by atomic mass is 10.3. The number of carbonyl (C=O) groups is 2. The molecule has 0 fully saturated rings. The van der Waals surface area contributed by atoms with E-state index in [-0.39, 0.29) is 24.7 Å². The third-order valence-corrected chi connectivity index (χ3v) is 4.27. The van der Waals surface area contributed by atoms with E-state index in [2.05, 4.69) is 10.1 Å². The fourth-order valence-electron chi connectivity index (χ4n) is 2.91. The topological polar surface area (TPSA) is 91.6 Å². The average molecular weight is 383 g/mol. The number of aromatic nitrogens is 2. The lowest BCUT2D eigenvalue weighted by Crippen LogP contribution is -2.29. The molecule has 0 spiro atoms. The summed E-state index contributed by atoms with van der Waals surface area (Å²) in [6.45, 7) is 2.14. The molecule has 0 unspecified atom stereocenters. The van der Waals surface area contributed by atoms with Gasteiger partial charge in [-0.1, -0.05) is 12.1 Å². The Morgan fingerprint density at radius 3 is 2.25 bits per heavy atom. The zero-order valence-electron chi connectivity index (χ0n) is 15.7. The largest absolute Gasteiger partial charge is 0.482 e. The molecule has 0 aliphatic rings. The number of amides is 1. The van der Waals surface area contributed by atoms with Crippen molar-refractivity contribution in [2.24, 2.45) is 0 Å². The van der Waals surface area contributed by atoms with Crippen LogP contribution in [0.4, 0.5) is 5.69 Å². The molecule has 0 radical (unpaired) electrons. The molecule has 1 N–H and O–H groups in total. The predicted molar refractivity (Wildman–Crippen MR) is 104 cm³/mol. The van der Waals surface area contributed by atoms with Crippen LogP contribution in [0.5, 0.6) is 5.75 Å². The third-order valence-electron chi connectivity index (χ3n) is 4.27. The first-order chi connectivity index (χ1) is 13.5. The van der Waals surface area contributed by atoms with Gasteiger partial charge in [0.2, 0.25) is 5.91 Å². The molecular formula is C20H21N3O5. The molecule has 0 saturated heterocycles. The number of imidazole rings is 1. The maximum absolute atomic E-state index is 12.6. The van der Waals surface area contributed by atoms with E-state index in [1.54, 1.807) is 28.8 Å². The van der Waals surface area contributed by atoms with Gasteiger partial charge in [0.05, 0.1) is 18.1 Å². The van der Waals surface area contributed by atoms with Crippen molar-refractivity contribution < 1.29 is 19.1 Å². The first-order valence-electron chi connectivity index (χ1n) is 8.81. The second-order valence-electron chi connectivity index (χ2n) is 6.04. The number of carbonyl (C=O) groups excluding carboxylic acids is 2. The van der Waals surface area contributed by atoms with E-state index >= 15 is 0 Å². The molecule has 0 saturated carbocycles. The van der Waals surface area contributed by atoms with Gasteiger partial charge in [0, 0.05) is 12.2 Å². The zero-order chi connectivity index (χ0) is 20.1. The zero-order valence-corrected chi connectivity index (χ0v) is 15.7. The van der Waals surface area contributed by atoms with Crippen LogP contribution in [0.25, 0.3) is 11.0 Å². The van der Waals surface area contributed by atoms with Crippen LogP contribution in [0.15, 0.2) is 53.3 Å². The van der Waals surface area contributed by atoms with Crippen molar-refractivity contribution in [2.45, 2.75) is 20.0 Å². The third kappa shape index (κ3) is 4.06. The van der Waals surface area contributed by atoms with E-state index in [0.29, 0.717) is 18.0 Å². The van der Waals surface area contributed by atoms with Gasteiger partial charge in [0.25, 0.3) is 0 Å². The number of nitrogens with one attached hydrogen (secondary N) is 1. The Bertz CT molecular complexity index is 1050. The molecule has 28 heavy (non-hydrogen) atoms. The molecule has 8 heteroatoms. The van der Waals surface area contributed by atoms with Crippen LogP contribution >= 0.6 is 0 Å². The number of ether oxygens (including phenoxy) is 2. The smallest absolute Gasteiger partial charge is 0.343 e. The summed E-state index contributed by atoms with van der Waals surface area (Å²) in [5.41, 5.74) is 1.86. The van der Waals surface area contributed by atoms with E-state index in [4.69, 9.17) is 4.74 Å². The Morgan fingerprint density at radius 2 is 1.64 bits per heavy atom. The Kier molecular flexibility index (Phi) is 5.78. The number of benzene rings is 2. The van der Waals surface area contributed by atoms with Crippen LogP contribution in [0.3, 0.4) is 0 Å². The molecule has 0 aliphatic heterocycles. The molecule has 8 nitrogen and oxygen atoms in total. The molecule has 0 atom stereocenters. The fraction of sp³-hybridized carbons (Fsp3) is 0.250. The van der Waals surface area contributed by atoms with Crippen molar-refractivity contribution in [3.8, 4) is 5.75 Å². The first-order valence-corrected chi connectivity index (χ1v) is 8.81. The summed E-state index contributed by atoms with van der Waals surface area (Å²) in [5.74, 6) is -0.316. The van der Waals surface area contributed by atoms with Gasteiger partial charge in [-0.25, -0.2) is 9.59 Å². The van der Waals surface area contributed by atoms with Gasteiger partial charge < -0.3 is 14.8 Å². The predicted octanol–water partition coefficient (Wildman–Crippen LogP) is 2.01. The monoisotopic (exact) mass is 383 g/mol. The molecule has 1 aromatic heterocycles. The lowest BCUT2D eigenvalue weighted by molar-refractivity contribution is -0.142. The van der Waals surface area contributed by atoms with E-state index in [9.17, 15) is 14.4 Å². The average Bonchev–Trinajstić information content (AvgIpc) is 2.98. The number of para-hydroxylation sites is 2. The number of esters is 1. The van der Waals surface area contributed by atoms with Crippen LogP contribution in [0, 0.1) is 0 Å². The van der Waals surface area contributed by atoms with Gasteiger partial charge in [0.15, 0.2) is 6.61 Å². The standard InChI is InChI=1S/C20H21N3O5/c1-3-22-16-6-4-5-7-17(16)23(20(22)26)12-18(24)21-14-8-10-15(11-9-14)28-13-19(25)27-2/h4-11H,3,12-13H2,1-2H3,(H,21,24). The summed E-state index contributed by atoms with van der Waals surface area (Å²) in [6, 6.07) is 14.0. The van der Waals surface area contributed by atoms with E-state index in [0.717, 1.165) is 11.0 Å². The maximum atomic E-state index is 12.6. The minimum absolute atomic E-state index is 0.0903. The second-order valence-corrected chi connectivity index (χ2v) is 6.04. The maximum Gasteiger partial charge on any atom is 0.343 e. The van der Waals surface area contributed by atoms with Gasteiger partial charge in [-0.3, -0.25) is 13.9 Å². The molecular weight excluding hydrogens is 362 g/mol. The minimum Gasteiger partial charge on any atom is -0.482 e. The molecule has 0 bridgehead atoms. The van der Waals surface area contributed by atoms with Gasteiger partial charge in [0.1, 0.15) is 12.3 Å². The van der Waals surface area contributed by atoms with Gasteiger partial charge in [-0.2, -0.15) is 0 Å². The molecule has 3 aromatic rings. The molecule has 0 aliphatic carbocycles. The second kappa shape index (κ2) is 8.43. The van der Waals surface area contributed by atoms with Crippen molar-refractivity contribution in [1.82, 2.24) is 9.13 Å². The van der Waals surface area contributed by atoms with Gasteiger partial charge in [-0.05, 0) is 43.3 Å². The molecule has 146 valence electrons. The Labute approximate surface area is 161 Å². The van der Waals surface area contributed by atoms with Crippen molar-refractivity contribution in [1.29, 1.82) is 0 Å². The number of methoxy groups -OCH3 is 1. The Balaban J connectivity index is 1.70. The summed E-state index contributed by atoms with van der Waals surface area (Å²) in [5, 5.41) is 2.76. The quantitative estimate of drug-likeness (QED) is 0.630. The molecule has 1 amide bonds. The van der Waals surface area contributed by atoms with E-state index in [1.165, 1.54) is 11.7 Å². The highest BCUT2D eigenvalue weighted by atomic mass is 16.6. The van der Waals surface area contributed by atoms with Crippen molar-refractivity contribution in [3.63, 3.8) is 0 Å². The summed E-state index contributed by atoms with van der Waals surface area (Å²) < 4.78 is 12.9. The molecule has 1 heterocycles. The number of anilines is 1. The van der Waals surface area contributed by atoms with Crippen LogP contribution in [0.1, 0.15) is 6.92 Å². The first kappa shape index (κ1) is 19.2. The van der Waals surface area contributed by atoms with Crippen molar-refractivity contribution >= 4 is 28.6 Å². The summed E-state index contributed by atoms with van der Waals surface area (Å²) in [6.07, 6.45) is 0. The molecule has 3 rings (SSSR count). The van der Waals surface area contributed by atoms with Crippen LogP contribution in [-0.4, -0.2) is 34.7 Å². The number of hydrogen-bond acceptors (Lipinski definition) is 5. The van der Waals surface area contributed by atoms with Crippen molar-refractivity contribution in [3.05, 3.63) is 59.0 Å². The fourth-order valence-corrected chi connectivity index (χ4v) is 2.91. The number of rotatable bonds is 7. The van der Waals surface area contributed by atoms with Crippen LogP contribution in [0.2, 0.25) is 0 Å². The summed E-state index contributed by atoms with van der Waals surface area (Å²) >= 11 is 0. The minimum atomic E-state index is -0.478. The van der Waals surface area contributed by atoms with Crippen molar-refractivity contribution in [2.75, 3.05) is 19.0 Å². The number of fused-ring (bicyclic) bond motifs is 1. The summed E-state index contributed by atoms with van der Waals surface area (Å²) in [4.78, 5) is 36.1. The SMILES string of the molecule is CCn1c(=O)n(CC(=O)Nc2ccc(OCC(=O)OC)cc2)c2ccccc21. The number of aryl methyl sites for hydroxylation is 1.